The molecule has 1 atom stereocenters. The van der Waals surface area contributed by atoms with Crippen molar-refractivity contribution < 1.29 is 9.42 Å². The van der Waals surface area contributed by atoms with E-state index in [0.29, 0.717) is 6.54 Å². The number of nitrogens with one attached hydrogen (secondary N) is 1. The van der Waals surface area contributed by atoms with Crippen LogP contribution in [0.5, 0.6) is 0 Å². The maximum atomic E-state index is 11.9. The van der Waals surface area contributed by atoms with Crippen LogP contribution in [-0.4, -0.2) is 41.8 Å². The van der Waals surface area contributed by atoms with Crippen molar-refractivity contribution in [3.63, 3.8) is 0 Å². The van der Waals surface area contributed by atoms with Crippen molar-refractivity contribution in [1.29, 1.82) is 0 Å². The van der Waals surface area contributed by atoms with Gasteiger partial charge in [-0.05, 0) is 35.9 Å². The largest absolute Gasteiger partial charge is 0.379 e. The van der Waals surface area contributed by atoms with Crippen LogP contribution in [-0.2, 0) is 0 Å². The normalized spacial score (nSPS) is 12.6. The smallest absolute Gasteiger partial charge is 0.277 e. The Morgan fingerprint density at radius 1 is 1.58 bits per heavy atom. The highest BCUT2D eigenvalue weighted by atomic mass is 32.1. The number of likely N-dealkylation sites (N-methyl/N-ethyl adjacent to an activating group) is 1. The molecule has 1 amide bonds. The Morgan fingerprint density at radius 2 is 2.37 bits per heavy atom. The van der Waals surface area contributed by atoms with Gasteiger partial charge in [0.05, 0.1) is 6.04 Å². The van der Waals surface area contributed by atoms with Gasteiger partial charge in [0.25, 0.3) is 5.91 Å². The zero-order valence-electron chi connectivity index (χ0n) is 10.7. The molecule has 0 saturated heterocycles. The van der Waals surface area contributed by atoms with E-state index in [1.54, 1.807) is 11.3 Å². The molecule has 0 saturated carbocycles. The predicted octanol–water partition coefficient (Wildman–Crippen LogP) is 0.746. The summed E-state index contributed by atoms with van der Waals surface area (Å²) in [6.07, 6.45) is 0. The summed E-state index contributed by atoms with van der Waals surface area (Å²) >= 11 is 1.65. The molecule has 102 valence electrons. The van der Waals surface area contributed by atoms with Gasteiger partial charge in [-0.25, -0.2) is 4.63 Å². The number of hydrogen-bond donors (Lipinski definition) is 2. The van der Waals surface area contributed by atoms with Crippen LogP contribution < -0.4 is 11.1 Å². The fraction of sp³-hybridized carbons (Fsp3) is 0.364. The van der Waals surface area contributed by atoms with Gasteiger partial charge in [-0.1, -0.05) is 6.07 Å². The number of hydrogen-bond acceptors (Lipinski definition) is 7. The Hall–Kier alpha value is -1.93. The minimum Gasteiger partial charge on any atom is -0.379 e. The molecule has 2 aromatic heterocycles. The minimum absolute atomic E-state index is 0.00460. The van der Waals surface area contributed by atoms with Crippen molar-refractivity contribution in [1.82, 2.24) is 20.5 Å². The molecule has 0 aromatic carbocycles. The van der Waals surface area contributed by atoms with Crippen molar-refractivity contribution in [2.75, 3.05) is 26.4 Å². The van der Waals surface area contributed by atoms with Gasteiger partial charge in [0.2, 0.25) is 11.5 Å². The fourth-order valence-electron chi connectivity index (χ4n) is 1.64. The summed E-state index contributed by atoms with van der Waals surface area (Å²) in [6, 6.07) is 4.12. The summed E-state index contributed by atoms with van der Waals surface area (Å²) < 4.78 is 4.40. The predicted molar refractivity (Wildman–Crippen MR) is 71.8 cm³/mol. The summed E-state index contributed by atoms with van der Waals surface area (Å²) in [4.78, 5) is 15.1. The third-order valence-electron chi connectivity index (χ3n) is 2.68. The van der Waals surface area contributed by atoms with Crippen LogP contribution >= 0.6 is 11.3 Å². The van der Waals surface area contributed by atoms with Gasteiger partial charge in [0.1, 0.15) is 0 Å². The van der Waals surface area contributed by atoms with Crippen molar-refractivity contribution in [2.24, 2.45) is 0 Å². The Labute approximate surface area is 114 Å². The molecule has 1 unspecified atom stereocenters. The molecule has 2 aromatic rings. The molecule has 0 aliphatic carbocycles. The molecule has 0 spiro atoms. The van der Waals surface area contributed by atoms with Crippen LogP contribution in [0.1, 0.15) is 21.4 Å². The molecule has 0 fully saturated rings. The number of aromatic nitrogens is 2. The Bertz CT molecular complexity index is 537. The number of rotatable bonds is 5. The van der Waals surface area contributed by atoms with E-state index in [2.05, 4.69) is 20.3 Å². The SMILES string of the molecule is CN(C)C(CNC(=O)c1nonc1N)c1cccs1. The zero-order chi connectivity index (χ0) is 13.8. The second kappa shape index (κ2) is 5.81. The third kappa shape index (κ3) is 3.09. The number of carbonyl (C=O) groups is 1. The van der Waals surface area contributed by atoms with E-state index in [1.807, 2.05) is 36.5 Å². The van der Waals surface area contributed by atoms with Crippen molar-refractivity contribution in [3.8, 4) is 0 Å². The Morgan fingerprint density at radius 3 is 2.89 bits per heavy atom. The molecule has 2 rings (SSSR count). The summed E-state index contributed by atoms with van der Waals surface area (Å²) in [7, 11) is 3.92. The number of nitrogen functional groups attached to an aromatic ring is 1. The third-order valence-corrected chi connectivity index (χ3v) is 3.65. The molecule has 0 radical (unpaired) electrons. The van der Waals surface area contributed by atoms with E-state index in [0.717, 1.165) is 0 Å². The van der Waals surface area contributed by atoms with E-state index in [4.69, 9.17) is 5.73 Å². The molecule has 0 aliphatic heterocycles. The van der Waals surface area contributed by atoms with Gasteiger partial charge in [-0.3, -0.25) is 4.79 Å². The first kappa shape index (κ1) is 13.5. The molecule has 2 heterocycles. The molecule has 19 heavy (non-hydrogen) atoms. The first-order valence-electron chi connectivity index (χ1n) is 5.65. The quantitative estimate of drug-likeness (QED) is 0.839. The fourth-order valence-corrected chi connectivity index (χ4v) is 2.57. The molecule has 8 heteroatoms. The lowest BCUT2D eigenvalue weighted by Crippen LogP contribution is -2.34. The van der Waals surface area contributed by atoms with E-state index in [9.17, 15) is 4.79 Å². The summed E-state index contributed by atoms with van der Waals surface area (Å²) in [5.74, 6) is -0.391. The van der Waals surface area contributed by atoms with Crippen LogP contribution in [0.3, 0.4) is 0 Å². The van der Waals surface area contributed by atoms with Crippen molar-refractivity contribution in [2.45, 2.75) is 6.04 Å². The molecular weight excluding hydrogens is 266 g/mol. The first-order valence-corrected chi connectivity index (χ1v) is 6.53. The second-order valence-electron chi connectivity index (χ2n) is 4.20. The van der Waals surface area contributed by atoms with Crippen LogP contribution in [0.25, 0.3) is 0 Å². The first-order chi connectivity index (χ1) is 9.09. The minimum atomic E-state index is -0.387. The average molecular weight is 281 g/mol. The monoisotopic (exact) mass is 281 g/mol. The maximum Gasteiger partial charge on any atom is 0.277 e. The molecule has 0 bridgehead atoms. The average Bonchev–Trinajstić information content (AvgIpc) is 3.00. The lowest BCUT2D eigenvalue weighted by Gasteiger charge is -2.23. The standard InChI is InChI=1S/C11H15N5O2S/c1-16(2)7(8-4-3-5-19-8)6-13-11(17)9-10(12)15-18-14-9/h3-5,7H,6H2,1-2H3,(H2,12,15)(H,13,17). The van der Waals surface area contributed by atoms with Gasteiger partial charge in [-0.15, -0.1) is 11.3 Å². The second-order valence-corrected chi connectivity index (χ2v) is 5.18. The lowest BCUT2D eigenvalue weighted by molar-refractivity contribution is 0.0933. The maximum absolute atomic E-state index is 11.9. The van der Waals surface area contributed by atoms with Crippen LogP contribution in [0.15, 0.2) is 22.1 Å². The molecule has 3 N–H and O–H groups in total. The summed E-state index contributed by atoms with van der Waals surface area (Å²) in [6.45, 7) is 0.457. The highest BCUT2D eigenvalue weighted by Gasteiger charge is 2.20. The van der Waals surface area contributed by atoms with Crippen LogP contribution in [0.2, 0.25) is 0 Å². The van der Waals surface area contributed by atoms with Gasteiger partial charge < -0.3 is 16.0 Å². The van der Waals surface area contributed by atoms with Crippen molar-refractivity contribution in [3.05, 3.63) is 28.1 Å². The zero-order valence-corrected chi connectivity index (χ0v) is 11.5. The molecule has 7 nitrogen and oxygen atoms in total. The van der Waals surface area contributed by atoms with Gasteiger partial charge in [0, 0.05) is 11.4 Å². The van der Waals surface area contributed by atoms with Gasteiger partial charge >= 0.3 is 0 Å². The summed E-state index contributed by atoms with van der Waals surface area (Å²) in [5, 5.41) is 11.6. The van der Waals surface area contributed by atoms with E-state index in [1.165, 1.54) is 4.88 Å². The van der Waals surface area contributed by atoms with E-state index in [-0.39, 0.29) is 23.5 Å². The van der Waals surface area contributed by atoms with Gasteiger partial charge in [-0.2, -0.15) is 0 Å². The number of anilines is 1. The summed E-state index contributed by atoms with van der Waals surface area (Å²) in [5.41, 5.74) is 5.48. The number of amides is 1. The Balaban J connectivity index is 2.00. The highest BCUT2D eigenvalue weighted by molar-refractivity contribution is 7.10. The van der Waals surface area contributed by atoms with E-state index >= 15 is 0 Å². The molecular formula is C11H15N5O2S. The Kier molecular flexibility index (Phi) is 4.13. The van der Waals surface area contributed by atoms with Crippen molar-refractivity contribution >= 4 is 23.1 Å². The lowest BCUT2D eigenvalue weighted by atomic mass is 10.2. The number of nitrogens with two attached hydrogens (primary N) is 1. The number of nitrogens with zero attached hydrogens (tertiary/aromatic N) is 3. The highest BCUT2D eigenvalue weighted by Crippen LogP contribution is 2.22. The van der Waals surface area contributed by atoms with Crippen LogP contribution in [0.4, 0.5) is 5.82 Å². The van der Waals surface area contributed by atoms with Crippen LogP contribution in [0, 0.1) is 0 Å². The number of thiophene rings is 1. The topological polar surface area (TPSA) is 97.3 Å². The number of carbonyl (C=O) groups excluding carboxylic acids is 1. The van der Waals surface area contributed by atoms with Gasteiger partial charge in [0.15, 0.2) is 0 Å². The van der Waals surface area contributed by atoms with E-state index < -0.39 is 0 Å². The molecule has 0 aliphatic rings.